The molecule has 0 aliphatic carbocycles. The normalized spacial score (nSPS) is 21.6. The average molecular weight is 278 g/mol. The van der Waals surface area contributed by atoms with Gasteiger partial charge in [0.15, 0.2) is 0 Å². The zero-order valence-corrected chi connectivity index (χ0v) is 13.3. The number of aryl methyl sites for hydroxylation is 2. The third-order valence-electron chi connectivity index (χ3n) is 5.10. The van der Waals surface area contributed by atoms with Gasteiger partial charge in [-0.05, 0) is 57.7 Å². The molecule has 1 aliphatic heterocycles. The van der Waals surface area contributed by atoms with Gasteiger partial charge in [0.05, 0.1) is 6.20 Å². The molecule has 2 heterocycles. The fourth-order valence-electron chi connectivity index (χ4n) is 3.36. The lowest BCUT2D eigenvalue weighted by molar-refractivity contribution is 0.0523. The molecule has 2 atom stereocenters. The fourth-order valence-corrected chi connectivity index (χ4v) is 3.36. The summed E-state index contributed by atoms with van der Waals surface area (Å²) in [5.41, 5.74) is 8.01. The zero-order chi connectivity index (χ0) is 14.6. The number of rotatable bonds is 6. The van der Waals surface area contributed by atoms with E-state index < -0.39 is 0 Å². The summed E-state index contributed by atoms with van der Waals surface area (Å²) in [5, 5.41) is 4.23. The van der Waals surface area contributed by atoms with E-state index in [0.717, 1.165) is 19.3 Å². The van der Waals surface area contributed by atoms with Crippen molar-refractivity contribution in [1.29, 1.82) is 0 Å². The van der Waals surface area contributed by atoms with Crippen LogP contribution < -0.4 is 5.73 Å². The second-order valence-electron chi connectivity index (χ2n) is 6.43. The van der Waals surface area contributed by atoms with Crippen molar-refractivity contribution < 1.29 is 0 Å². The minimum absolute atomic E-state index is 0.141. The van der Waals surface area contributed by atoms with Crippen molar-refractivity contribution in [3.63, 3.8) is 0 Å². The van der Waals surface area contributed by atoms with Crippen LogP contribution in [0.15, 0.2) is 12.4 Å². The molecule has 2 unspecified atom stereocenters. The van der Waals surface area contributed by atoms with Crippen molar-refractivity contribution in [2.45, 2.75) is 64.0 Å². The summed E-state index contributed by atoms with van der Waals surface area (Å²) in [5.74, 6) is 0. The van der Waals surface area contributed by atoms with Gasteiger partial charge in [-0.3, -0.25) is 9.58 Å². The van der Waals surface area contributed by atoms with Crippen LogP contribution in [-0.4, -0.2) is 39.4 Å². The smallest absolute Gasteiger partial charge is 0.0521 e. The third kappa shape index (κ3) is 3.41. The monoisotopic (exact) mass is 278 g/mol. The summed E-state index contributed by atoms with van der Waals surface area (Å²) in [6.45, 7) is 7.06. The molecule has 0 aromatic carbocycles. The molecule has 0 spiro atoms. The highest BCUT2D eigenvalue weighted by Crippen LogP contribution is 2.28. The molecule has 0 bridgehead atoms. The first-order valence-electron chi connectivity index (χ1n) is 8.04. The lowest BCUT2D eigenvalue weighted by Crippen LogP contribution is -2.59. The second kappa shape index (κ2) is 6.72. The van der Waals surface area contributed by atoms with Gasteiger partial charge >= 0.3 is 0 Å². The van der Waals surface area contributed by atoms with Crippen LogP contribution >= 0.6 is 0 Å². The number of hydrogen-bond acceptors (Lipinski definition) is 3. The van der Waals surface area contributed by atoms with Gasteiger partial charge in [-0.15, -0.1) is 0 Å². The van der Waals surface area contributed by atoms with E-state index in [0.29, 0.717) is 0 Å². The van der Waals surface area contributed by atoms with E-state index in [2.05, 4.69) is 30.0 Å². The standard InChI is InChI=1S/C16H30N4/c1-4-16(2,20-10-6-5-7-11-20)15(17)9-8-14-12-18-19(3)13-14/h12-13,15H,4-11,17H2,1-3H3. The molecule has 2 rings (SSSR count). The summed E-state index contributed by atoms with van der Waals surface area (Å²) in [7, 11) is 1.97. The minimum atomic E-state index is 0.141. The number of likely N-dealkylation sites (tertiary alicyclic amines) is 1. The van der Waals surface area contributed by atoms with Crippen molar-refractivity contribution in [1.82, 2.24) is 14.7 Å². The van der Waals surface area contributed by atoms with Crippen LogP contribution in [0.1, 0.15) is 51.5 Å². The molecule has 0 amide bonds. The Morgan fingerprint density at radius 1 is 1.35 bits per heavy atom. The molecule has 20 heavy (non-hydrogen) atoms. The van der Waals surface area contributed by atoms with Gasteiger partial charge in [-0.2, -0.15) is 5.10 Å². The number of hydrogen-bond donors (Lipinski definition) is 1. The van der Waals surface area contributed by atoms with Crippen LogP contribution in [-0.2, 0) is 13.5 Å². The second-order valence-corrected chi connectivity index (χ2v) is 6.43. The molecule has 0 saturated carbocycles. The molecule has 0 radical (unpaired) electrons. The van der Waals surface area contributed by atoms with Crippen molar-refractivity contribution in [3.05, 3.63) is 18.0 Å². The Kier molecular flexibility index (Phi) is 5.22. The Balaban J connectivity index is 1.94. The van der Waals surface area contributed by atoms with E-state index in [4.69, 9.17) is 5.73 Å². The van der Waals surface area contributed by atoms with Gasteiger partial charge < -0.3 is 5.73 Å². The maximum atomic E-state index is 6.58. The van der Waals surface area contributed by atoms with Crippen LogP contribution in [0.3, 0.4) is 0 Å². The van der Waals surface area contributed by atoms with E-state index in [9.17, 15) is 0 Å². The fraction of sp³-hybridized carbons (Fsp3) is 0.812. The van der Waals surface area contributed by atoms with Crippen LogP contribution in [0, 0.1) is 0 Å². The summed E-state index contributed by atoms with van der Waals surface area (Å²) >= 11 is 0. The van der Waals surface area contributed by atoms with Gasteiger partial charge in [-0.1, -0.05) is 13.3 Å². The van der Waals surface area contributed by atoms with Crippen LogP contribution in [0.4, 0.5) is 0 Å². The molecule has 4 nitrogen and oxygen atoms in total. The van der Waals surface area contributed by atoms with E-state index in [1.54, 1.807) is 0 Å². The molecule has 1 aromatic rings. The van der Waals surface area contributed by atoms with E-state index in [-0.39, 0.29) is 11.6 Å². The SMILES string of the molecule is CCC(C)(C(N)CCc1cnn(C)c1)N1CCCCC1. The topological polar surface area (TPSA) is 47.1 Å². The lowest BCUT2D eigenvalue weighted by atomic mass is 9.83. The Morgan fingerprint density at radius 3 is 2.60 bits per heavy atom. The molecule has 2 N–H and O–H groups in total. The van der Waals surface area contributed by atoms with Crippen molar-refractivity contribution in [2.75, 3.05) is 13.1 Å². The first-order valence-corrected chi connectivity index (χ1v) is 8.04. The van der Waals surface area contributed by atoms with E-state index in [1.165, 1.54) is 37.9 Å². The van der Waals surface area contributed by atoms with Crippen LogP contribution in [0.2, 0.25) is 0 Å². The highest BCUT2D eigenvalue weighted by molar-refractivity contribution is 5.05. The number of nitrogens with two attached hydrogens (primary N) is 1. The first-order chi connectivity index (χ1) is 9.56. The molecule has 1 aliphatic rings. The molecule has 114 valence electrons. The first kappa shape index (κ1) is 15.5. The maximum absolute atomic E-state index is 6.58. The Bertz CT molecular complexity index is 408. The largest absolute Gasteiger partial charge is 0.326 e. The maximum Gasteiger partial charge on any atom is 0.0521 e. The number of piperidine rings is 1. The molecule has 4 heteroatoms. The average Bonchev–Trinajstić information content (AvgIpc) is 2.90. The summed E-state index contributed by atoms with van der Waals surface area (Å²) < 4.78 is 1.87. The Labute approximate surface area is 123 Å². The number of aromatic nitrogens is 2. The molecular formula is C16H30N4. The number of nitrogens with zero attached hydrogens (tertiary/aromatic N) is 3. The molecule has 1 fully saturated rings. The molecule has 1 aromatic heterocycles. The highest BCUT2D eigenvalue weighted by Gasteiger charge is 2.36. The minimum Gasteiger partial charge on any atom is -0.326 e. The van der Waals surface area contributed by atoms with Gasteiger partial charge in [-0.25, -0.2) is 0 Å². The third-order valence-corrected chi connectivity index (χ3v) is 5.10. The quantitative estimate of drug-likeness (QED) is 0.869. The van der Waals surface area contributed by atoms with E-state index >= 15 is 0 Å². The van der Waals surface area contributed by atoms with Crippen LogP contribution in [0.5, 0.6) is 0 Å². The van der Waals surface area contributed by atoms with Gasteiger partial charge in [0.1, 0.15) is 0 Å². The Hall–Kier alpha value is -0.870. The van der Waals surface area contributed by atoms with Crippen molar-refractivity contribution >= 4 is 0 Å². The van der Waals surface area contributed by atoms with E-state index in [1.807, 2.05) is 17.9 Å². The van der Waals surface area contributed by atoms with Crippen molar-refractivity contribution in [2.24, 2.45) is 12.8 Å². The predicted molar refractivity (Wildman–Crippen MR) is 83.6 cm³/mol. The summed E-state index contributed by atoms with van der Waals surface area (Å²) in [6.07, 6.45) is 11.3. The Morgan fingerprint density at radius 2 is 2.05 bits per heavy atom. The molecular weight excluding hydrogens is 248 g/mol. The van der Waals surface area contributed by atoms with Gasteiger partial charge in [0.2, 0.25) is 0 Å². The van der Waals surface area contributed by atoms with Crippen molar-refractivity contribution in [3.8, 4) is 0 Å². The van der Waals surface area contributed by atoms with Gasteiger partial charge in [0, 0.05) is 24.8 Å². The predicted octanol–water partition coefficient (Wildman–Crippen LogP) is 2.33. The highest BCUT2D eigenvalue weighted by atomic mass is 15.2. The summed E-state index contributed by atoms with van der Waals surface area (Å²) in [6, 6.07) is 0.228. The summed E-state index contributed by atoms with van der Waals surface area (Å²) in [4.78, 5) is 2.63. The van der Waals surface area contributed by atoms with Gasteiger partial charge in [0.25, 0.3) is 0 Å². The zero-order valence-electron chi connectivity index (χ0n) is 13.3. The lowest BCUT2D eigenvalue weighted by Gasteiger charge is -2.47. The van der Waals surface area contributed by atoms with Crippen LogP contribution in [0.25, 0.3) is 0 Å². The molecule has 1 saturated heterocycles.